The Morgan fingerprint density at radius 3 is 0.973 bits per heavy atom. The van der Waals surface area contributed by atoms with Crippen LogP contribution in [0.5, 0.6) is 0 Å². The van der Waals surface area contributed by atoms with Gasteiger partial charge in [-0.25, -0.2) is 0 Å². The fourth-order valence-corrected chi connectivity index (χ4v) is 10.7. The number of rotatable bonds is 63. The molecule has 2 unspecified atom stereocenters. The molecule has 0 aromatic heterocycles. The van der Waals surface area contributed by atoms with Crippen LogP contribution in [-0.2, 0) is 14.3 Å². The van der Waals surface area contributed by atoms with Crippen LogP contribution in [0.3, 0.4) is 0 Å². The summed E-state index contributed by atoms with van der Waals surface area (Å²) in [5, 5.41) is 23.3. The maximum absolute atomic E-state index is 12.5. The first kappa shape index (κ1) is 71.6. The zero-order chi connectivity index (χ0) is 52.9. The third-order valence-corrected chi connectivity index (χ3v) is 15.8. The Kier molecular flexibility index (Phi) is 61.9. The van der Waals surface area contributed by atoms with Crippen LogP contribution in [0.25, 0.3) is 0 Å². The molecule has 6 heteroatoms. The lowest BCUT2D eigenvalue weighted by Gasteiger charge is -2.22. The van der Waals surface area contributed by atoms with Crippen LogP contribution in [0.4, 0.5) is 0 Å². The Morgan fingerprint density at radius 2 is 0.644 bits per heavy atom. The van der Waals surface area contributed by atoms with Gasteiger partial charge in [-0.1, -0.05) is 328 Å². The van der Waals surface area contributed by atoms with Crippen molar-refractivity contribution in [2.45, 2.75) is 392 Å². The van der Waals surface area contributed by atoms with Crippen molar-refractivity contribution in [3.63, 3.8) is 0 Å². The van der Waals surface area contributed by atoms with Gasteiger partial charge >= 0.3 is 5.97 Å². The van der Waals surface area contributed by atoms with Crippen molar-refractivity contribution in [2.24, 2.45) is 0 Å². The summed E-state index contributed by atoms with van der Waals surface area (Å²) in [4.78, 5) is 24.5. The number of ether oxygens (including phenoxy) is 1. The summed E-state index contributed by atoms with van der Waals surface area (Å²) in [6, 6.07) is -0.540. The first-order chi connectivity index (χ1) is 36.0. The van der Waals surface area contributed by atoms with E-state index in [0.717, 1.165) is 38.5 Å². The Balaban J connectivity index is 3.35. The van der Waals surface area contributed by atoms with E-state index in [4.69, 9.17) is 4.74 Å². The molecule has 0 aromatic rings. The third-order valence-electron chi connectivity index (χ3n) is 15.8. The lowest BCUT2D eigenvalue weighted by Crippen LogP contribution is -2.45. The summed E-state index contributed by atoms with van der Waals surface area (Å²) in [6.45, 7) is 4.98. The Morgan fingerprint density at radius 1 is 0.370 bits per heavy atom. The lowest BCUT2D eigenvalue weighted by molar-refractivity contribution is -0.143. The van der Waals surface area contributed by atoms with E-state index in [-0.39, 0.29) is 18.5 Å². The number of hydrogen-bond donors (Lipinski definition) is 3. The van der Waals surface area contributed by atoms with Gasteiger partial charge in [0.25, 0.3) is 0 Å². The normalized spacial score (nSPS) is 12.5. The average molecular weight is 1030 g/mol. The summed E-state index contributed by atoms with van der Waals surface area (Å²) in [6.07, 6.45) is 76.8. The maximum Gasteiger partial charge on any atom is 0.305 e. The van der Waals surface area contributed by atoms with Gasteiger partial charge in [-0.05, 0) is 51.4 Å². The lowest BCUT2D eigenvalue weighted by atomic mass is 10.0. The number of esters is 1. The van der Waals surface area contributed by atoms with E-state index >= 15 is 0 Å². The molecule has 0 aliphatic carbocycles. The molecule has 0 rings (SSSR count). The molecule has 0 radical (unpaired) electrons. The van der Waals surface area contributed by atoms with Gasteiger partial charge in [-0.3, -0.25) is 9.59 Å². The van der Waals surface area contributed by atoms with Gasteiger partial charge in [0.15, 0.2) is 0 Å². The molecular weight excluding hydrogens is 899 g/mol. The van der Waals surface area contributed by atoms with Crippen molar-refractivity contribution in [1.82, 2.24) is 5.32 Å². The highest BCUT2D eigenvalue weighted by Crippen LogP contribution is 2.18. The van der Waals surface area contributed by atoms with E-state index in [9.17, 15) is 19.8 Å². The van der Waals surface area contributed by atoms with Crippen LogP contribution >= 0.6 is 0 Å². The van der Waals surface area contributed by atoms with Crippen LogP contribution in [-0.4, -0.2) is 47.4 Å². The molecule has 0 fully saturated rings. The Bertz CT molecular complexity index is 1100. The molecule has 0 aliphatic rings. The molecule has 2 atom stereocenters. The van der Waals surface area contributed by atoms with Crippen LogP contribution in [0.15, 0.2) is 12.2 Å². The molecule has 0 saturated heterocycles. The number of allylic oxidation sites excluding steroid dienone is 2. The van der Waals surface area contributed by atoms with Gasteiger partial charge in [0.05, 0.1) is 25.4 Å². The van der Waals surface area contributed by atoms with E-state index in [2.05, 4.69) is 31.3 Å². The van der Waals surface area contributed by atoms with Crippen molar-refractivity contribution in [3.8, 4) is 0 Å². The molecule has 0 bridgehead atoms. The number of carbonyl (C=O) groups excluding carboxylic acids is 2. The van der Waals surface area contributed by atoms with Gasteiger partial charge in [0.2, 0.25) is 5.91 Å². The molecule has 0 aromatic carbocycles. The summed E-state index contributed by atoms with van der Waals surface area (Å²) in [5.74, 6) is -0.0133. The van der Waals surface area contributed by atoms with Gasteiger partial charge in [-0.2, -0.15) is 0 Å². The third kappa shape index (κ3) is 59.7. The first-order valence-electron chi connectivity index (χ1n) is 33.4. The van der Waals surface area contributed by atoms with Crippen molar-refractivity contribution in [1.29, 1.82) is 0 Å². The second-order valence-electron chi connectivity index (χ2n) is 23.2. The van der Waals surface area contributed by atoms with Crippen molar-refractivity contribution in [3.05, 3.63) is 12.2 Å². The van der Waals surface area contributed by atoms with Gasteiger partial charge in [-0.15, -0.1) is 0 Å². The van der Waals surface area contributed by atoms with Crippen LogP contribution < -0.4 is 5.32 Å². The summed E-state index contributed by atoms with van der Waals surface area (Å²) >= 11 is 0. The molecule has 0 aliphatic heterocycles. The van der Waals surface area contributed by atoms with Gasteiger partial charge in [0.1, 0.15) is 0 Å². The standard InChI is InChI=1S/C67H131NO5/c1-3-5-7-9-11-13-15-17-32-37-41-45-49-53-57-61-67(72)73-62-58-54-50-46-42-38-34-31-29-27-25-23-21-19-18-20-22-24-26-28-30-33-36-40-44-48-52-56-60-66(71)68-64(63-69)65(70)59-55-51-47-43-39-35-16-14-12-10-8-6-4-2/h18-19,64-65,69-70H,3-17,20-63H2,1-2H3,(H,68,71)/b19-18-. The monoisotopic (exact) mass is 1030 g/mol. The highest BCUT2D eigenvalue weighted by atomic mass is 16.5. The molecule has 0 heterocycles. The average Bonchev–Trinajstić information content (AvgIpc) is 3.39. The van der Waals surface area contributed by atoms with Crippen molar-refractivity contribution >= 4 is 11.9 Å². The summed E-state index contributed by atoms with van der Waals surface area (Å²) in [5.41, 5.74) is 0. The minimum Gasteiger partial charge on any atom is -0.466 e. The molecule has 0 spiro atoms. The number of unbranched alkanes of at least 4 members (excludes halogenated alkanes) is 50. The van der Waals surface area contributed by atoms with Crippen LogP contribution in [0, 0.1) is 0 Å². The minimum absolute atomic E-state index is 0.0195. The number of carbonyl (C=O) groups is 2. The smallest absolute Gasteiger partial charge is 0.305 e. The molecule has 434 valence electrons. The molecule has 0 saturated carbocycles. The van der Waals surface area contributed by atoms with Crippen LogP contribution in [0.2, 0.25) is 0 Å². The highest BCUT2D eigenvalue weighted by Gasteiger charge is 2.20. The van der Waals surface area contributed by atoms with Crippen molar-refractivity contribution in [2.75, 3.05) is 13.2 Å². The molecule has 3 N–H and O–H groups in total. The minimum atomic E-state index is -0.662. The number of nitrogens with one attached hydrogen (secondary N) is 1. The zero-order valence-electron chi connectivity index (χ0n) is 49.6. The Labute approximate surface area is 457 Å². The second kappa shape index (κ2) is 63.1. The van der Waals surface area contributed by atoms with E-state index < -0.39 is 12.1 Å². The second-order valence-corrected chi connectivity index (χ2v) is 23.2. The SMILES string of the molecule is CCCCCCCCCCCCCCCCCC(=O)OCCCCCCCCCCCCCC/C=C\CCCCCCCCCCCCCCC(=O)NC(CO)C(O)CCCCCCCCCCCCCCC. The number of amides is 1. The molecule has 73 heavy (non-hydrogen) atoms. The fourth-order valence-electron chi connectivity index (χ4n) is 10.7. The molecular formula is C67H131NO5. The van der Waals surface area contributed by atoms with Gasteiger partial charge < -0.3 is 20.3 Å². The van der Waals surface area contributed by atoms with Crippen molar-refractivity contribution < 1.29 is 24.5 Å². The summed E-state index contributed by atoms with van der Waals surface area (Å²) < 4.78 is 5.50. The molecule has 6 nitrogen and oxygen atoms in total. The predicted octanol–water partition coefficient (Wildman–Crippen LogP) is 21.2. The van der Waals surface area contributed by atoms with Crippen LogP contribution in [0.1, 0.15) is 380 Å². The van der Waals surface area contributed by atoms with E-state index in [0.29, 0.717) is 25.9 Å². The first-order valence-corrected chi connectivity index (χ1v) is 33.4. The number of hydrogen-bond acceptors (Lipinski definition) is 5. The maximum atomic E-state index is 12.5. The largest absolute Gasteiger partial charge is 0.466 e. The fraction of sp³-hybridized carbons (Fsp3) is 0.940. The molecule has 1 amide bonds. The van der Waals surface area contributed by atoms with Gasteiger partial charge in [0, 0.05) is 12.8 Å². The Hall–Kier alpha value is -1.40. The quantitative estimate of drug-likeness (QED) is 0.0320. The van der Waals surface area contributed by atoms with E-state index in [1.807, 2.05) is 0 Å². The highest BCUT2D eigenvalue weighted by molar-refractivity contribution is 5.76. The van der Waals surface area contributed by atoms with E-state index in [1.54, 1.807) is 0 Å². The zero-order valence-corrected chi connectivity index (χ0v) is 49.6. The number of aliphatic hydroxyl groups is 2. The topological polar surface area (TPSA) is 95.9 Å². The van der Waals surface area contributed by atoms with E-state index in [1.165, 1.54) is 308 Å². The number of aliphatic hydroxyl groups excluding tert-OH is 2. The predicted molar refractivity (Wildman–Crippen MR) is 320 cm³/mol. The summed E-state index contributed by atoms with van der Waals surface area (Å²) in [7, 11) is 0.